The van der Waals surface area contributed by atoms with Gasteiger partial charge in [0.2, 0.25) is 5.91 Å². The molecule has 0 aliphatic heterocycles. The number of rotatable bonds is 8. The zero-order chi connectivity index (χ0) is 16.8. The van der Waals surface area contributed by atoms with Gasteiger partial charge in [0.15, 0.2) is 5.60 Å². The number of benzene rings is 1. The first-order valence-corrected chi connectivity index (χ1v) is 8.14. The summed E-state index contributed by atoms with van der Waals surface area (Å²) in [7, 11) is -0.306. The molecule has 0 aromatic heterocycles. The van der Waals surface area contributed by atoms with Gasteiger partial charge in [-0.15, -0.1) is 0 Å². The van der Waals surface area contributed by atoms with Gasteiger partial charge in [-0.1, -0.05) is 17.7 Å². The van der Waals surface area contributed by atoms with Crippen LogP contribution in [-0.4, -0.2) is 39.7 Å². The Bertz CT molecular complexity index is 558. The Morgan fingerprint density at radius 1 is 1.32 bits per heavy atom. The van der Waals surface area contributed by atoms with Crippen LogP contribution in [-0.2, 0) is 25.1 Å². The third-order valence-corrected chi connectivity index (χ3v) is 4.85. The first kappa shape index (κ1) is 18.3. The van der Waals surface area contributed by atoms with Crippen LogP contribution in [0.1, 0.15) is 24.8 Å². The molecule has 1 unspecified atom stereocenters. The van der Waals surface area contributed by atoms with Gasteiger partial charge < -0.3 is 15.6 Å². The summed E-state index contributed by atoms with van der Waals surface area (Å²) in [6.07, 6.45) is 0.232. The second-order valence-electron chi connectivity index (χ2n) is 5.13. The molecular formula is C15H21NO5S. The van der Waals surface area contributed by atoms with Crippen LogP contribution in [0.4, 0.5) is 0 Å². The van der Waals surface area contributed by atoms with Crippen molar-refractivity contribution in [2.75, 3.05) is 12.9 Å². The molecule has 0 saturated carbocycles. The Kier molecular flexibility index (Phi) is 6.70. The highest BCUT2D eigenvalue weighted by Gasteiger charge is 2.36. The number of carbonyl (C=O) groups excluding carboxylic acids is 2. The summed E-state index contributed by atoms with van der Waals surface area (Å²) in [4.78, 5) is 23.1. The third-order valence-electron chi connectivity index (χ3n) is 3.31. The summed E-state index contributed by atoms with van der Waals surface area (Å²) in [5.41, 5.74) is 4.34. The molecule has 1 aromatic rings. The molecule has 122 valence electrons. The summed E-state index contributed by atoms with van der Waals surface area (Å²) in [5, 5.41) is 10.3. The molecule has 0 saturated heterocycles. The van der Waals surface area contributed by atoms with Crippen LogP contribution in [0.3, 0.4) is 0 Å². The van der Waals surface area contributed by atoms with Crippen molar-refractivity contribution in [1.82, 2.24) is 0 Å². The third kappa shape index (κ3) is 5.23. The molecule has 0 aliphatic carbocycles. The molecule has 7 heteroatoms. The van der Waals surface area contributed by atoms with Gasteiger partial charge >= 0.3 is 5.97 Å². The van der Waals surface area contributed by atoms with Gasteiger partial charge in [-0.2, -0.15) is 0 Å². The van der Waals surface area contributed by atoms with Gasteiger partial charge in [-0.05, 0) is 31.9 Å². The monoisotopic (exact) mass is 327 g/mol. The Balaban J connectivity index is 2.73. The standard InChI is InChI=1S/C15H21NO5S/c1-11-5-7-12(8-6-11)22(20)10-15(19,14(16)18)9-3-4-13(17)21-2/h5-8,19H,3-4,9-10H2,1-2H3,(H2,16,18)/t15-,22?/m1/s1. The fourth-order valence-electron chi connectivity index (χ4n) is 1.88. The summed E-state index contributed by atoms with van der Waals surface area (Å²) in [6, 6.07) is 6.96. The van der Waals surface area contributed by atoms with E-state index < -0.39 is 28.3 Å². The van der Waals surface area contributed by atoms with E-state index >= 15 is 0 Å². The number of amides is 1. The van der Waals surface area contributed by atoms with Crippen molar-refractivity contribution in [3.05, 3.63) is 29.8 Å². The topological polar surface area (TPSA) is 107 Å². The van der Waals surface area contributed by atoms with Crippen molar-refractivity contribution >= 4 is 22.7 Å². The van der Waals surface area contributed by atoms with E-state index in [-0.39, 0.29) is 25.0 Å². The number of aryl methyl sites for hydroxylation is 1. The molecule has 2 atom stereocenters. The van der Waals surface area contributed by atoms with Gasteiger partial charge in [0.25, 0.3) is 0 Å². The van der Waals surface area contributed by atoms with E-state index in [1.807, 2.05) is 6.92 Å². The second kappa shape index (κ2) is 8.05. The van der Waals surface area contributed by atoms with Crippen LogP contribution in [0.25, 0.3) is 0 Å². The van der Waals surface area contributed by atoms with Crippen LogP contribution in [0, 0.1) is 6.92 Å². The maximum atomic E-state index is 12.3. The molecule has 6 nitrogen and oxygen atoms in total. The lowest BCUT2D eigenvalue weighted by molar-refractivity contribution is -0.142. The number of primary amides is 1. The quantitative estimate of drug-likeness (QED) is 0.682. The van der Waals surface area contributed by atoms with Crippen molar-refractivity contribution in [3.8, 4) is 0 Å². The first-order chi connectivity index (χ1) is 10.3. The predicted molar refractivity (Wildman–Crippen MR) is 82.5 cm³/mol. The largest absolute Gasteiger partial charge is 0.469 e. The number of hydrogen-bond donors (Lipinski definition) is 2. The SMILES string of the molecule is COC(=O)CCC[C@@](O)(CS(=O)c1ccc(C)cc1)C(N)=O. The fourth-order valence-corrected chi connectivity index (χ4v) is 3.21. The van der Waals surface area contributed by atoms with Crippen LogP contribution >= 0.6 is 0 Å². The van der Waals surface area contributed by atoms with E-state index in [2.05, 4.69) is 4.74 Å². The fraction of sp³-hybridized carbons (Fsp3) is 0.467. The highest BCUT2D eigenvalue weighted by molar-refractivity contribution is 7.85. The molecule has 0 aliphatic rings. The van der Waals surface area contributed by atoms with E-state index in [1.165, 1.54) is 7.11 Å². The Hall–Kier alpha value is -1.73. The summed E-state index contributed by atoms with van der Waals surface area (Å²) >= 11 is 0. The highest BCUT2D eigenvalue weighted by atomic mass is 32.2. The van der Waals surface area contributed by atoms with E-state index in [0.29, 0.717) is 4.90 Å². The average molecular weight is 327 g/mol. The minimum atomic E-state index is -1.91. The van der Waals surface area contributed by atoms with Crippen molar-refractivity contribution in [2.24, 2.45) is 5.73 Å². The Morgan fingerprint density at radius 2 is 1.91 bits per heavy atom. The van der Waals surface area contributed by atoms with E-state index in [1.54, 1.807) is 24.3 Å². The Labute approximate surface area is 132 Å². The van der Waals surface area contributed by atoms with E-state index in [9.17, 15) is 18.9 Å². The number of esters is 1. The van der Waals surface area contributed by atoms with Gasteiger partial charge in [0.1, 0.15) is 0 Å². The van der Waals surface area contributed by atoms with Crippen LogP contribution in [0.5, 0.6) is 0 Å². The lowest BCUT2D eigenvalue weighted by atomic mass is 9.98. The number of ether oxygens (including phenoxy) is 1. The molecule has 0 bridgehead atoms. The number of carbonyl (C=O) groups is 2. The molecular weight excluding hydrogens is 306 g/mol. The van der Waals surface area contributed by atoms with E-state index in [0.717, 1.165) is 5.56 Å². The normalized spacial score (nSPS) is 14.9. The minimum Gasteiger partial charge on any atom is -0.469 e. The van der Waals surface area contributed by atoms with Crippen LogP contribution < -0.4 is 5.73 Å². The van der Waals surface area contributed by atoms with Gasteiger partial charge in [-0.3, -0.25) is 13.8 Å². The second-order valence-corrected chi connectivity index (χ2v) is 6.58. The zero-order valence-corrected chi connectivity index (χ0v) is 13.5. The predicted octanol–water partition coefficient (Wildman–Crippen LogP) is 0.662. The minimum absolute atomic E-state index is 0.0466. The van der Waals surface area contributed by atoms with Gasteiger partial charge in [0.05, 0.1) is 23.7 Å². The average Bonchev–Trinajstić information content (AvgIpc) is 2.47. The lowest BCUT2D eigenvalue weighted by Gasteiger charge is -2.24. The van der Waals surface area contributed by atoms with E-state index in [4.69, 9.17) is 5.73 Å². The van der Waals surface area contributed by atoms with Gasteiger partial charge in [0, 0.05) is 11.3 Å². The lowest BCUT2D eigenvalue weighted by Crippen LogP contribution is -2.48. The molecule has 0 fully saturated rings. The van der Waals surface area contributed by atoms with Crippen LogP contribution in [0.2, 0.25) is 0 Å². The van der Waals surface area contributed by atoms with Crippen molar-refractivity contribution in [2.45, 2.75) is 36.7 Å². The summed E-state index contributed by atoms with van der Waals surface area (Å²) < 4.78 is 16.8. The van der Waals surface area contributed by atoms with Crippen LogP contribution in [0.15, 0.2) is 29.2 Å². The first-order valence-electron chi connectivity index (χ1n) is 6.82. The van der Waals surface area contributed by atoms with Crippen molar-refractivity contribution < 1.29 is 23.6 Å². The number of methoxy groups -OCH3 is 1. The summed E-state index contributed by atoms with van der Waals surface area (Å²) in [5.74, 6) is -1.68. The maximum absolute atomic E-state index is 12.3. The molecule has 0 spiro atoms. The van der Waals surface area contributed by atoms with Crippen molar-refractivity contribution in [1.29, 1.82) is 0 Å². The summed E-state index contributed by atoms with van der Waals surface area (Å²) in [6.45, 7) is 1.90. The maximum Gasteiger partial charge on any atom is 0.305 e. The molecule has 0 radical (unpaired) electrons. The molecule has 0 heterocycles. The molecule has 3 N–H and O–H groups in total. The van der Waals surface area contributed by atoms with Gasteiger partial charge in [-0.25, -0.2) is 0 Å². The van der Waals surface area contributed by atoms with Crippen molar-refractivity contribution in [3.63, 3.8) is 0 Å². The number of nitrogens with two attached hydrogens (primary N) is 1. The Morgan fingerprint density at radius 3 is 2.41 bits per heavy atom. The number of hydrogen-bond acceptors (Lipinski definition) is 5. The zero-order valence-electron chi connectivity index (χ0n) is 12.7. The smallest absolute Gasteiger partial charge is 0.305 e. The number of aliphatic hydroxyl groups is 1. The molecule has 1 aromatic carbocycles. The highest BCUT2D eigenvalue weighted by Crippen LogP contribution is 2.19. The molecule has 22 heavy (non-hydrogen) atoms. The molecule has 1 rings (SSSR count). The molecule has 1 amide bonds.